The maximum Gasteiger partial charge on any atom is 0.341 e. The Morgan fingerprint density at radius 1 is 1.29 bits per heavy atom. The first-order valence-corrected chi connectivity index (χ1v) is 10.7. The monoisotopic (exact) mass is 409 g/mol. The van der Waals surface area contributed by atoms with Gasteiger partial charge in [0.25, 0.3) is 5.91 Å². The summed E-state index contributed by atoms with van der Waals surface area (Å²) in [5, 5.41) is 3.27. The van der Waals surface area contributed by atoms with E-state index in [0.717, 1.165) is 36.1 Å². The van der Waals surface area contributed by atoms with E-state index < -0.39 is 23.9 Å². The Labute approximate surface area is 171 Å². The van der Waals surface area contributed by atoms with E-state index in [0.29, 0.717) is 16.5 Å². The number of carbonyl (C=O) groups excluding carboxylic acids is 3. The standard InChI is InChI=1S/C21H31NO5S/c1-7-21(5,6)14-9-10-15-16(11-14)28-19(17(15)20(25)26-8-2)22-18(24)12(3)27-13(4)23/h12,14H,7-11H2,1-6H3,(H,22,24)/t12-,14?/m0/s1. The molecule has 0 fully saturated rings. The van der Waals surface area contributed by atoms with Gasteiger partial charge < -0.3 is 14.8 Å². The molecule has 0 aromatic carbocycles. The molecule has 1 aromatic heterocycles. The summed E-state index contributed by atoms with van der Waals surface area (Å²) in [6.07, 6.45) is 2.85. The molecular formula is C21H31NO5S. The highest BCUT2D eigenvalue weighted by Gasteiger charge is 2.36. The van der Waals surface area contributed by atoms with E-state index in [4.69, 9.17) is 9.47 Å². The second-order valence-electron chi connectivity index (χ2n) is 7.95. The van der Waals surface area contributed by atoms with Gasteiger partial charge in [-0.3, -0.25) is 9.59 Å². The number of hydrogen-bond acceptors (Lipinski definition) is 6. The summed E-state index contributed by atoms with van der Waals surface area (Å²) >= 11 is 1.44. The zero-order valence-electron chi connectivity index (χ0n) is 17.6. The molecule has 0 aliphatic heterocycles. The summed E-state index contributed by atoms with van der Waals surface area (Å²) in [7, 11) is 0. The fraction of sp³-hybridized carbons (Fsp3) is 0.667. The van der Waals surface area contributed by atoms with Gasteiger partial charge >= 0.3 is 11.9 Å². The van der Waals surface area contributed by atoms with Gasteiger partial charge in [0, 0.05) is 11.8 Å². The third kappa shape index (κ3) is 4.93. The number of carbonyl (C=O) groups is 3. The van der Waals surface area contributed by atoms with Crippen LogP contribution in [0.1, 0.15) is 75.2 Å². The van der Waals surface area contributed by atoms with Crippen molar-refractivity contribution in [2.24, 2.45) is 11.3 Å². The summed E-state index contributed by atoms with van der Waals surface area (Å²) < 4.78 is 10.2. The Morgan fingerprint density at radius 3 is 2.54 bits per heavy atom. The average Bonchev–Trinajstić information content (AvgIpc) is 2.98. The average molecular weight is 410 g/mol. The first-order chi connectivity index (χ1) is 13.1. The van der Waals surface area contributed by atoms with Crippen molar-refractivity contribution in [3.8, 4) is 0 Å². The molecule has 7 heteroatoms. The molecule has 28 heavy (non-hydrogen) atoms. The van der Waals surface area contributed by atoms with Crippen molar-refractivity contribution in [3.05, 3.63) is 16.0 Å². The van der Waals surface area contributed by atoms with Crippen molar-refractivity contribution in [2.45, 2.75) is 73.3 Å². The minimum Gasteiger partial charge on any atom is -0.462 e. The summed E-state index contributed by atoms with van der Waals surface area (Å²) in [6, 6.07) is 0. The van der Waals surface area contributed by atoms with Crippen molar-refractivity contribution in [1.82, 2.24) is 0 Å². The summed E-state index contributed by atoms with van der Waals surface area (Å²) in [4.78, 5) is 37.3. The largest absolute Gasteiger partial charge is 0.462 e. The van der Waals surface area contributed by atoms with Gasteiger partial charge in [0.2, 0.25) is 0 Å². The molecule has 1 aliphatic carbocycles. The fourth-order valence-electron chi connectivity index (χ4n) is 3.56. The highest BCUT2D eigenvalue weighted by Crippen LogP contribution is 2.45. The van der Waals surface area contributed by atoms with Crippen LogP contribution < -0.4 is 5.32 Å². The third-order valence-electron chi connectivity index (χ3n) is 5.71. The van der Waals surface area contributed by atoms with Gasteiger partial charge in [-0.1, -0.05) is 27.2 Å². The number of nitrogens with one attached hydrogen (secondary N) is 1. The van der Waals surface area contributed by atoms with Gasteiger partial charge in [0.1, 0.15) is 5.00 Å². The maximum atomic E-state index is 12.6. The van der Waals surface area contributed by atoms with E-state index in [1.807, 2.05) is 0 Å². The smallest absolute Gasteiger partial charge is 0.341 e. The lowest BCUT2D eigenvalue weighted by molar-refractivity contribution is -0.150. The van der Waals surface area contributed by atoms with E-state index in [9.17, 15) is 14.4 Å². The molecule has 1 unspecified atom stereocenters. The number of thiophene rings is 1. The zero-order valence-corrected chi connectivity index (χ0v) is 18.5. The molecule has 156 valence electrons. The molecule has 1 aromatic rings. The van der Waals surface area contributed by atoms with Crippen LogP contribution in [0.25, 0.3) is 0 Å². The molecule has 1 heterocycles. The number of fused-ring (bicyclic) bond motifs is 1. The molecule has 1 aliphatic rings. The molecule has 1 amide bonds. The van der Waals surface area contributed by atoms with Crippen LogP contribution in [-0.2, 0) is 31.9 Å². The lowest BCUT2D eigenvalue weighted by Gasteiger charge is -2.36. The molecule has 1 N–H and O–H groups in total. The van der Waals surface area contributed by atoms with Gasteiger partial charge in [-0.2, -0.15) is 0 Å². The topological polar surface area (TPSA) is 81.7 Å². The molecule has 6 nitrogen and oxygen atoms in total. The minimum atomic E-state index is -0.932. The normalized spacial score (nSPS) is 17.4. The Bertz CT molecular complexity index is 752. The fourth-order valence-corrected chi connectivity index (χ4v) is 4.88. The molecule has 2 atom stereocenters. The quantitative estimate of drug-likeness (QED) is 0.677. The van der Waals surface area contributed by atoms with Gasteiger partial charge in [0.05, 0.1) is 12.2 Å². The maximum absolute atomic E-state index is 12.6. The van der Waals surface area contributed by atoms with Crippen molar-refractivity contribution in [1.29, 1.82) is 0 Å². The van der Waals surface area contributed by atoms with Crippen LogP contribution in [0.4, 0.5) is 5.00 Å². The van der Waals surface area contributed by atoms with Crippen molar-refractivity contribution < 1.29 is 23.9 Å². The SMILES string of the molecule is CCOC(=O)c1c(NC(=O)[C@H](C)OC(C)=O)sc2c1CCC(C(C)(C)CC)C2. The number of anilines is 1. The van der Waals surface area contributed by atoms with Crippen LogP contribution in [0.2, 0.25) is 0 Å². The van der Waals surface area contributed by atoms with Crippen LogP contribution in [0.3, 0.4) is 0 Å². The molecule has 0 saturated heterocycles. The van der Waals surface area contributed by atoms with E-state index >= 15 is 0 Å². The van der Waals surface area contributed by atoms with Crippen LogP contribution >= 0.6 is 11.3 Å². The van der Waals surface area contributed by atoms with E-state index in [1.54, 1.807) is 6.92 Å². The Morgan fingerprint density at radius 2 is 1.96 bits per heavy atom. The molecule has 0 spiro atoms. The number of rotatable bonds is 7. The first kappa shape index (κ1) is 22.4. The van der Waals surface area contributed by atoms with Crippen LogP contribution in [-0.4, -0.2) is 30.6 Å². The Kier molecular flexibility index (Phi) is 7.26. The Balaban J connectivity index is 2.34. The lowest BCUT2D eigenvalue weighted by Crippen LogP contribution is -2.29. The van der Waals surface area contributed by atoms with Gasteiger partial charge in [-0.15, -0.1) is 11.3 Å². The molecule has 0 radical (unpaired) electrons. The summed E-state index contributed by atoms with van der Waals surface area (Å²) in [6.45, 7) is 11.6. The predicted octanol–water partition coefficient (Wildman–Crippen LogP) is 4.36. The first-order valence-electron chi connectivity index (χ1n) is 9.90. The van der Waals surface area contributed by atoms with Crippen LogP contribution in [0.5, 0.6) is 0 Å². The minimum absolute atomic E-state index is 0.221. The number of esters is 2. The summed E-state index contributed by atoms with van der Waals surface area (Å²) in [5.41, 5.74) is 1.67. The van der Waals surface area contributed by atoms with E-state index in [-0.39, 0.29) is 12.0 Å². The van der Waals surface area contributed by atoms with E-state index in [2.05, 4.69) is 26.1 Å². The number of hydrogen-bond donors (Lipinski definition) is 1. The Hall–Kier alpha value is -1.89. The van der Waals surface area contributed by atoms with Gasteiger partial charge in [-0.05, 0) is 50.0 Å². The van der Waals surface area contributed by atoms with Crippen molar-refractivity contribution in [2.75, 3.05) is 11.9 Å². The second-order valence-corrected chi connectivity index (χ2v) is 9.06. The highest BCUT2D eigenvalue weighted by atomic mass is 32.1. The van der Waals surface area contributed by atoms with Crippen LogP contribution in [0.15, 0.2) is 0 Å². The lowest BCUT2D eigenvalue weighted by atomic mass is 9.69. The van der Waals surface area contributed by atoms with Crippen LogP contribution in [0, 0.1) is 11.3 Å². The second kappa shape index (κ2) is 9.07. The molecule has 0 bridgehead atoms. The zero-order chi connectivity index (χ0) is 21.1. The van der Waals surface area contributed by atoms with Gasteiger partial charge in [-0.25, -0.2) is 4.79 Å². The summed E-state index contributed by atoms with van der Waals surface area (Å²) in [5.74, 6) is -0.862. The predicted molar refractivity (Wildman–Crippen MR) is 110 cm³/mol. The highest BCUT2D eigenvalue weighted by molar-refractivity contribution is 7.17. The van der Waals surface area contributed by atoms with Crippen molar-refractivity contribution in [3.63, 3.8) is 0 Å². The van der Waals surface area contributed by atoms with Crippen molar-refractivity contribution >= 4 is 34.2 Å². The van der Waals surface area contributed by atoms with E-state index in [1.165, 1.54) is 25.2 Å². The third-order valence-corrected chi connectivity index (χ3v) is 6.88. The molecule has 0 saturated carbocycles. The van der Waals surface area contributed by atoms with Gasteiger partial charge in [0.15, 0.2) is 6.10 Å². The molecular weight excluding hydrogens is 378 g/mol. The number of ether oxygens (including phenoxy) is 2. The number of amides is 1. The molecule has 2 rings (SSSR count).